The van der Waals surface area contributed by atoms with Crippen LogP contribution in [-0.2, 0) is 0 Å². The van der Waals surface area contributed by atoms with E-state index in [1.54, 1.807) is 0 Å². The molecule has 19 heavy (non-hydrogen) atoms. The van der Waals surface area contributed by atoms with E-state index in [-0.39, 0.29) is 6.10 Å². The second kappa shape index (κ2) is 13.0. The first-order chi connectivity index (χ1) is 9.13. The van der Waals surface area contributed by atoms with Crippen LogP contribution in [-0.4, -0.2) is 11.2 Å². The summed E-state index contributed by atoms with van der Waals surface area (Å²) in [5.41, 5.74) is 0. The fourth-order valence-corrected chi connectivity index (χ4v) is 3.09. The van der Waals surface area contributed by atoms with Crippen LogP contribution in [0, 0.1) is 11.8 Å². The van der Waals surface area contributed by atoms with Gasteiger partial charge in [0.2, 0.25) is 0 Å². The fourth-order valence-electron chi connectivity index (χ4n) is 3.09. The minimum atomic E-state index is -0.0482. The maximum atomic E-state index is 10.0. The molecule has 0 aromatic carbocycles. The molecule has 0 rings (SSSR count). The molecule has 0 saturated heterocycles. The quantitative estimate of drug-likeness (QED) is 0.438. The Hall–Kier alpha value is -0.0400. The van der Waals surface area contributed by atoms with Gasteiger partial charge in [-0.15, -0.1) is 0 Å². The van der Waals surface area contributed by atoms with Gasteiger partial charge in [-0.2, -0.15) is 0 Å². The van der Waals surface area contributed by atoms with Crippen molar-refractivity contribution in [1.29, 1.82) is 0 Å². The van der Waals surface area contributed by atoms with Crippen LogP contribution < -0.4 is 0 Å². The molecule has 0 spiro atoms. The van der Waals surface area contributed by atoms with Crippen molar-refractivity contribution >= 4 is 0 Å². The number of rotatable bonds is 13. The summed E-state index contributed by atoms with van der Waals surface area (Å²) in [4.78, 5) is 0. The zero-order chi connectivity index (χ0) is 14.5. The van der Waals surface area contributed by atoms with Crippen LogP contribution in [0.4, 0.5) is 0 Å². The number of hydrogen-bond acceptors (Lipinski definition) is 1. The van der Waals surface area contributed by atoms with E-state index in [9.17, 15) is 5.11 Å². The van der Waals surface area contributed by atoms with Gasteiger partial charge in [0.25, 0.3) is 0 Å². The molecule has 0 heterocycles. The largest absolute Gasteiger partial charge is 0.393 e. The number of aliphatic hydroxyl groups is 1. The molecule has 0 aliphatic rings. The molecule has 3 atom stereocenters. The summed E-state index contributed by atoms with van der Waals surface area (Å²) in [5, 5.41) is 10.0. The fraction of sp³-hybridized carbons (Fsp3) is 1.00. The van der Waals surface area contributed by atoms with Crippen LogP contribution in [0.2, 0.25) is 0 Å². The number of hydrogen-bond donors (Lipinski definition) is 1. The van der Waals surface area contributed by atoms with Crippen molar-refractivity contribution in [2.24, 2.45) is 11.8 Å². The Balaban J connectivity index is 3.50. The number of aliphatic hydroxyl groups excluding tert-OH is 1. The van der Waals surface area contributed by atoms with Crippen LogP contribution in [0.5, 0.6) is 0 Å². The highest BCUT2D eigenvalue weighted by atomic mass is 16.3. The van der Waals surface area contributed by atoms with E-state index in [4.69, 9.17) is 0 Å². The molecular formula is C18H38O. The van der Waals surface area contributed by atoms with Crippen molar-refractivity contribution in [2.45, 2.75) is 104 Å². The van der Waals surface area contributed by atoms with Crippen molar-refractivity contribution in [3.63, 3.8) is 0 Å². The molecule has 0 aromatic heterocycles. The summed E-state index contributed by atoms with van der Waals surface area (Å²) in [7, 11) is 0. The summed E-state index contributed by atoms with van der Waals surface area (Å²) < 4.78 is 0. The van der Waals surface area contributed by atoms with Crippen LogP contribution in [0.1, 0.15) is 98.3 Å². The lowest BCUT2D eigenvalue weighted by Crippen LogP contribution is -2.08. The monoisotopic (exact) mass is 270 g/mol. The Kier molecular flexibility index (Phi) is 12.9. The summed E-state index contributed by atoms with van der Waals surface area (Å²) >= 11 is 0. The maximum Gasteiger partial charge on any atom is 0.0540 e. The van der Waals surface area contributed by atoms with Gasteiger partial charge in [0.05, 0.1) is 6.10 Å². The predicted molar refractivity (Wildman–Crippen MR) is 86.5 cm³/mol. The zero-order valence-corrected chi connectivity index (χ0v) is 14.0. The first-order valence-electron chi connectivity index (χ1n) is 8.81. The SMILES string of the molecule is CCCC(C)CCCC(O)CCCC(CC)CCC. The van der Waals surface area contributed by atoms with Gasteiger partial charge in [-0.25, -0.2) is 0 Å². The molecule has 0 aliphatic carbocycles. The highest BCUT2D eigenvalue weighted by Crippen LogP contribution is 2.20. The third-order valence-electron chi connectivity index (χ3n) is 4.44. The summed E-state index contributed by atoms with van der Waals surface area (Å²) in [6.45, 7) is 9.17. The van der Waals surface area contributed by atoms with E-state index in [0.29, 0.717) is 0 Å². The van der Waals surface area contributed by atoms with Crippen molar-refractivity contribution in [2.75, 3.05) is 0 Å². The molecule has 0 aromatic rings. The minimum Gasteiger partial charge on any atom is -0.393 e. The Morgan fingerprint density at radius 1 is 0.737 bits per heavy atom. The Morgan fingerprint density at radius 2 is 1.32 bits per heavy atom. The third-order valence-corrected chi connectivity index (χ3v) is 4.44. The second-order valence-electron chi connectivity index (χ2n) is 6.47. The molecule has 0 amide bonds. The summed E-state index contributed by atoms with van der Waals surface area (Å²) in [5.74, 6) is 1.73. The van der Waals surface area contributed by atoms with Crippen molar-refractivity contribution in [3.05, 3.63) is 0 Å². The van der Waals surface area contributed by atoms with E-state index >= 15 is 0 Å². The van der Waals surface area contributed by atoms with Crippen LogP contribution in [0.15, 0.2) is 0 Å². The van der Waals surface area contributed by atoms with Gasteiger partial charge in [0, 0.05) is 0 Å². The van der Waals surface area contributed by atoms with Gasteiger partial charge in [0.15, 0.2) is 0 Å². The Morgan fingerprint density at radius 3 is 1.84 bits per heavy atom. The van der Waals surface area contributed by atoms with E-state index in [1.165, 1.54) is 57.8 Å². The first kappa shape index (κ1) is 19.0. The molecule has 0 radical (unpaired) electrons. The molecule has 116 valence electrons. The molecule has 0 aliphatic heterocycles. The van der Waals surface area contributed by atoms with Crippen molar-refractivity contribution in [1.82, 2.24) is 0 Å². The van der Waals surface area contributed by atoms with E-state index in [2.05, 4.69) is 27.7 Å². The highest BCUT2D eigenvalue weighted by molar-refractivity contribution is 4.62. The molecule has 1 heteroatoms. The summed E-state index contributed by atoms with van der Waals surface area (Å²) in [6.07, 6.45) is 13.6. The summed E-state index contributed by atoms with van der Waals surface area (Å²) in [6, 6.07) is 0. The van der Waals surface area contributed by atoms with Crippen LogP contribution in [0.3, 0.4) is 0 Å². The van der Waals surface area contributed by atoms with E-state index < -0.39 is 0 Å². The van der Waals surface area contributed by atoms with Gasteiger partial charge in [-0.1, -0.05) is 85.5 Å². The van der Waals surface area contributed by atoms with Gasteiger partial charge < -0.3 is 5.11 Å². The maximum absolute atomic E-state index is 10.0. The average Bonchev–Trinajstić information content (AvgIpc) is 2.38. The van der Waals surface area contributed by atoms with E-state index in [1.807, 2.05) is 0 Å². The zero-order valence-electron chi connectivity index (χ0n) is 14.0. The topological polar surface area (TPSA) is 20.2 Å². The highest BCUT2D eigenvalue weighted by Gasteiger charge is 2.09. The molecule has 0 bridgehead atoms. The minimum absolute atomic E-state index is 0.0482. The lowest BCUT2D eigenvalue weighted by Gasteiger charge is -2.16. The van der Waals surface area contributed by atoms with Gasteiger partial charge >= 0.3 is 0 Å². The van der Waals surface area contributed by atoms with Gasteiger partial charge in [-0.3, -0.25) is 0 Å². The third kappa shape index (κ3) is 11.5. The predicted octanol–water partition coefficient (Wildman–Crippen LogP) is 5.95. The standard InChI is InChI=1S/C18H38O/c1-5-10-16(4)12-8-14-18(19)15-9-13-17(7-3)11-6-2/h16-19H,5-15H2,1-4H3. The van der Waals surface area contributed by atoms with Crippen molar-refractivity contribution in [3.8, 4) is 0 Å². The molecule has 0 saturated carbocycles. The molecule has 0 fully saturated rings. The lowest BCUT2D eigenvalue weighted by atomic mass is 9.92. The van der Waals surface area contributed by atoms with Crippen molar-refractivity contribution < 1.29 is 5.11 Å². The lowest BCUT2D eigenvalue weighted by molar-refractivity contribution is 0.143. The first-order valence-corrected chi connectivity index (χ1v) is 8.81. The van der Waals surface area contributed by atoms with Crippen LogP contribution >= 0.6 is 0 Å². The normalized spacial score (nSPS) is 16.3. The smallest absolute Gasteiger partial charge is 0.0540 e. The van der Waals surface area contributed by atoms with Crippen LogP contribution in [0.25, 0.3) is 0 Å². The molecule has 1 N–H and O–H groups in total. The average molecular weight is 271 g/mol. The second-order valence-corrected chi connectivity index (χ2v) is 6.47. The Bertz CT molecular complexity index is 179. The Labute approximate surface area is 122 Å². The molecular weight excluding hydrogens is 232 g/mol. The van der Waals surface area contributed by atoms with E-state index in [0.717, 1.165) is 24.7 Å². The molecule has 1 nitrogen and oxygen atoms in total. The van der Waals surface area contributed by atoms with Gasteiger partial charge in [-0.05, 0) is 24.7 Å². The molecule has 3 unspecified atom stereocenters. The van der Waals surface area contributed by atoms with Gasteiger partial charge in [0.1, 0.15) is 0 Å².